The lowest BCUT2D eigenvalue weighted by Crippen LogP contribution is -2.31. The fraction of sp³-hybridized carbons (Fsp3) is 0.385. The van der Waals surface area contributed by atoms with Crippen LogP contribution in [-0.4, -0.2) is 24.7 Å². The average molecular weight is 265 g/mol. The normalized spacial score (nSPS) is 17.4. The zero-order valence-electron chi connectivity index (χ0n) is 10.6. The highest BCUT2D eigenvalue weighted by Gasteiger charge is 2.31. The van der Waals surface area contributed by atoms with Crippen molar-refractivity contribution < 1.29 is 14.3 Å². The number of nitrogens with one attached hydrogen (secondary N) is 1. The predicted molar refractivity (Wildman–Crippen MR) is 70.9 cm³/mol. The van der Waals surface area contributed by atoms with Crippen LogP contribution >= 0.6 is 11.8 Å². The summed E-state index contributed by atoms with van der Waals surface area (Å²) in [6.07, 6.45) is 0. The van der Waals surface area contributed by atoms with Crippen molar-refractivity contribution in [1.82, 2.24) is 0 Å². The molecule has 0 spiro atoms. The van der Waals surface area contributed by atoms with E-state index in [1.165, 1.54) is 7.11 Å². The number of hydrogen-bond acceptors (Lipinski definition) is 4. The second kappa shape index (κ2) is 4.65. The molecule has 1 aromatic rings. The zero-order chi connectivity index (χ0) is 13.3. The number of amides is 1. The first kappa shape index (κ1) is 13.0. The molecule has 0 unspecified atom stereocenters. The maximum Gasteiger partial charge on any atom is 0.337 e. The maximum atomic E-state index is 12.0. The van der Waals surface area contributed by atoms with Crippen molar-refractivity contribution >= 4 is 29.3 Å². The molecule has 1 amide bonds. The molecule has 1 aromatic carbocycles. The number of ether oxygens (including phenoxy) is 1. The number of methoxy groups -OCH3 is 1. The van der Waals surface area contributed by atoms with E-state index in [2.05, 4.69) is 10.1 Å². The highest BCUT2D eigenvalue weighted by atomic mass is 32.2. The molecule has 0 aliphatic carbocycles. The molecular weight excluding hydrogens is 250 g/mol. The minimum atomic E-state index is -0.422. The van der Waals surface area contributed by atoms with E-state index >= 15 is 0 Å². The van der Waals surface area contributed by atoms with Crippen LogP contribution in [0.1, 0.15) is 24.2 Å². The quantitative estimate of drug-likeness (QED) is 0.793. The largest absolute Gasteiger partial charge is 0.465 e. The van der Waals surface area contributed by atoms with E-state index in [0.717, 1.165) is 10.6 Å². The van der Waals surface area contributed by atoms with Gasteiger partial charge < -0.3 is 10.1 Å². The van der Waals surface area contributed by atoms with Gasteiger partial charge in [-0.1, -0.05) is 13.8 Å². The zero-order valence-corrected chi connectivity index (χ0v) is 11.4. The van der Waals surface area contributed by atoms with Crippen LogP contribution in [0.15, 0.2) is 23.1 Å². The summed E-state index contributed by atoms with van der Waals surface area (Å²) in [5.74, 6) is 0.309. The Balaban J connectivity index is 2.36. The van der Waals surface area contributed by atoms with Crippen molar-refractivity contribution in [3.63, 3.8) is 0 Å². The minimum Gasteiger partial charge on any atom is -0.465 e. The minimum absolute atomic E-state index is 0.000400. The lowest BCUT2D eigenvalue weighted by atomic mass is 9.95. The van der Waals surface area contributed by atoms with Crippen LogP contribution in [0.2, 0.25) is 0 Å². The Morgan fingerprint density at radius 3 is 2.83 bits per heavy atom. The summed E-state index contributed by atoms with van der Waals surface area (Å²) < 4.78 is 4.69. The molecule has 0 fully saturated rings. The Morgan fingerprint density at radius 1 is 1.44 bits per heavy atom. The summed E-state index contributed by atoms with van der Waals surface area (Å²) in [6.45, 7) is 3.81. The Kier molecular flexibility index (Phi) is 3.34. The second-order valence-corrected chi connectivity index (χ2v) is 5.85. The topological polar surface area (TPSA) is 55.4 Å². The number of carbonyl (C=O) groups is 2. The van der Waals surface area contributed by atoms with Crippen LogP contribution < -0.4 is 5.32 Å². The maximum absolute atomic E-state index is 12.0. The average Bonchev–Trinajstić information content (AvgIpc) is 2.46. The Bertz CT molecular complexity index is 511. The van der Waals surface area contributed by atoms with E-state index in [0.29, 0.717) is 11.3 Å². The van der Waals surface area contributed by atoms with E-state index in [-0.39, 0.29) is 11.9 Å². The molecule has 0 aromatic heterocycles. The Morgan fingerprint density at radius 2 is 2.17 bits per heavy atom. The van der Waals surface area contributed by atoms with Gasteiger partial charge in [0.1, 0.15) is 0 Å². The molecule has 96 valence electrons. The molecule has 0 bridgehead atoms. The van der Waals surface area contributed by atoms with Gasteiger partial charge in [0.2, 0.25) is 5.91 Å². The molecule has 1 aliphatic rings. The van der Waals surface area contributed by atoms with Crippen molar-refractivity contribution in [2.75, 3.05) is 18.2 Å². The molecule has 4 nitrogen and oxygen atoms in total. The summed E-state index contributed by atoms with van der Waals surface area (Å²) in [5.41, 5.74) is 0.829. The first-order valence-electron chi connectivity index (χ1n) is 5.61. The van der Waals surface area contributed by atoms with Crippen molar-refractivity contribution in [3.8, 4) is 0 Å². The molecule has 1 heterocycles. The summed E-state index contributed by atoms with van der Waals surface area (Å²) in [4.78, 5) is 24.3. The van der Waals surface area contributed by atoms with E-state index < -0.39 is 5.41 Å². The fourth-order valence-corrected chi connectivity index (χ4v) is 2.74. The summed E-state index contributed by atoms with van der Waals surface area (Å²) in [6, 6.07) is 5.16. The van der Waals surface area contributed by atoms with Gasteiger partial charge in [0.05, 0.1) is 23.8 Å². The first-order valence-corrected chi connectivity index (χ1v) is 6.59. The van der Waals surface area contributed by atoms with E-state index in [1.54, 1.807) is 30.0 Å². The van der Waals surface area contributed by atoms with Crippen LogP contribution in [0, 0.1) is 5.41 Å². The van der Waals surface area contributed by atoms with Gasteiger partial charge in [-0.05, 0) is 18.2 Å². The third-order valence-corrected chi connectivity index (χ3v) is 4.37. The van der Waals surface area contributed by atoms with Gasteiger partial charge in [-0.15, -0.1) is 11.8 Å². The number of carbonyl (C=O) groups excluding carboxylic acids is 2. The van der Waals surface area contributed by atoms with Crippen molar-refractivity contribution in [1.29, 1.82) is 0 Å². The number of thioether (sulfide) groups is 1. The first-order chi connectivity index (χ1) is 8.44. The Hall–Kier alpha value is -1.49. The highest BCUT2D eigenvalue weighted by molar-refractivity contribution is 7.99. The monoisotopic (exact) mass is 265 g/mol. The number of hydrogen-bond donors (Lipinski definition) is 1. The second-order valence-electron chi connectivity index (χ2n) is 4.83. The smallest absolute Gasteiger partial charge is 0.337 e. The third-order valence-electron chi connectivity index (χ3n) is 2.85. The third kappa shape index (κ3) is 2.36. The molecule has 18 heavy (non-hydrogen) atoms. The number of benzene rings is 1. The lowest BCUT2D eigenvalue weighted by molar-refractivity contribution is -0.122. The molecule has 0 radical (unpaired) electrons. The lowest BCUT2D eigenvalue weighted by Gasteiger charge is -2.18. The summed E-state index contributed by atoms with van der Waals surface area (Å²) >= 11 is 1.57. The van der Waals surface area contributed by atoms with Crippen molar-refractivity contribution in [3.05, 3.63) is 23.8 Å². The van der Waals surface area contributed by atoms with Gasteiger partial charge in [-0.2, -0.15) is 0 Å². The molecule has 2 rings (SSSR count). The van der Waals surface area contributed by atoms with Crippen LogP contribution in [0.5, 0.6) is 0 Å². The van der Waals surface area contributed by atoms with Crippen LogP contribution in [-0.2, 0) is 9.53 Å². The molecule has 0 saturated heterocycles. The summed E-state index contributed by atoms with van der Waals surface area (Å²) in [7, 11) is 1.35. The van der Waals surface area contributed by atoms with E-state index in [1.807, 2.05) is 13.8 Å². The molecule has 0 saturated carbocycles. The standard InChI is InChI=1S/C13H15NO3S/c1-13(2)7-18-10-6-8(11(15)17-3)4-5-9(10)14-12(13)16/h4-6H,7H2,1-3H3,(H,14,16). The van der Waals surface area contributed by atoms with Gasteiger partial charge in [0.25, 0.3) is 0 Å². The molecule has 1 aliphatic heterocycles. The number of anilines is 1. The van der Waals surface area contributed by atoms with Gasteiger partial charge in [-0.3, -0.25) is 4.79 Å². The van der Waals surface area contributed by atoms with Gasteiger partial charge in [0, 0.05) is 10.6 Å². The molecular formula is C13H15NO3S. The van der Waals surface area contributed by atoms with Crippen LogP contribution in [0.3, 0.4) is 0 Å². The number of rotatable bonds is 1. The predicted octanol–water partition coefficient (Wildman–Crippen LogP) is 2.54. The number of esters is 1. The van der Waals surface area contributed by atoms with Gasteiger partial charge in [0.15, 0.2) is 0 Å². The van der Waals surface area contributed by atoms with Gasteiger partial charge >= 0.3 is 5.97 Å². The van der Waals surface area contributed by atoms with Gasteiger partial charge in [-0.25, -0.2) is 4.79 Å². The summed E-state index contributed by atoms with van der Waals surface area (Å²) in [5, 5.41) is 2.88. The SMILES string of the molecule is COC(=O)c1ccc2c(c1)SCC(C)(C)C(=O)N2. The fourth-order valence-electron chi connectivity index (χ4n) is 1.61. The molecule has 5 heteroatoms. The van der Waals surface area contributed by atoms with E-state index in [9.17, 15) is 9.59 Å². The van der Waals surface area contributed by atoms with Crippen LogP contribution in [0.25, 0.3) is 0 Å². The Labute approximate surface area is 110 Å². The van der Waals surface area contributed by atoms with Crippen molar-refractivity contribution in [2.45, 2.75) is 18.7 Å². The van der Waals surface area contributed by atoms with Crippen molar-refractivity contribution in [2.24, 2.45) is 5.41 Å². The number of fused-ring (bicyclic) bond motifs is 1. The molecule has 1 N–H and O–H groups in total. The van der Waals surface area contributed by atoms with Crippen LogP contribution in [0.4, 0.5) is 5.69 Å². The van der Waals surface area contributed by atoms with E-state index in [4.69, 9.17) is 0 Å². The molecule has 0 atom stereocenters. The highest BCUT2D eigenvalue weighted by Crippen LogP contribution is 2.37.